The quantitative estimate of drug-likeness (QED) is 0.679. The van der Waals surface area contributed by atoms with Crippen molar-refractivity contribution in [3.05, 3.63) is 18.2 Å². The van der Waals surface area contributed by atoms with E-state index in [2.05, 4.69) is 24.1 Å². The maximum Gasteiger partial charge on any atom is 0.247 e. The minimum Gasteiger partial charge on any atom is -0.341 e. The first-order valence-electron chi connectivity index (χ1n) is 10.9. The van der Waals surface area contributed by atoms with Gasteiger partial charge >= 0.3 is 0 Å². The molecule has 3 aliphatic heterocycles. The van der Waals surface area contributed by atoms with Crippen LogP contribution >= 0.6 is 11.8 Å². The van der Waals surface area contributed by atoms with E-state index in [0.29, 0.717) is 50.9 Å². The lowest BCUT2D eigenvalue weighted by Crippen LogP contribution is -2.48. The average Bonchev–Trinajstić information content (AvgIpc) is 2.78. The molecule has 4 rings (SSSR count). The first-order valence-corrected chi connectivity index (χ1v) is 13.2. The van der Waals surface area contributed by atoms with Crippen molar-refractivity contribution in [1.82, 2.24) is 14.1 Å². The fraction of sp³-hybridized carbons (Fsp3) is 0.619. The van der Waals surface area contributed by atoms with Crippen LogP contribution in [-0.4, -0.2) is 85.4 Å². The minimum absolute atomic E-state index is 0.162. The number of rotatable bonds is 4. The third-order valence-electron chi connectivity index (χ3n) is 6.43. The SMILES string of the molecule is CCN1CCN(S(=O)(=O)c2ccc3c(c2)NC(=O)C(C(=O)N2CCC(C)CC2)S3)CC1. The molecule has 0 bridgehead atoms. The number of amides is 2. The summed E-state index contributed by atoms with van der Waals surface area (Å²) in [5, 5.41) is 1.94. The molecule has 8 nitrogen and oxygen atoms in total. The van der Waals surface area contributed by atoms with Crippen LogP contribution in [-0.2, 0) is 19.6 Å². The highest BCUT2D eigenvalue weighted by molar-refractivity contribution is 8.01. The Morgan fingerprint density at radius 1 is 1.13 bits per heavy atom. The number of anilines is 1. The summed E-state index contributed by atoms with van der Waals surface area (Å²) in [6.07, 6.45) is 1.91. The van der Waals surface area contributed by atoms with E-state index in [4.69, 9.17) is 0 Å². The molecule has 0 radical (unpaired) electrons. The monoisotopic (exact) mass is 466 g/mol. The van der Waals surface area contributed by atoms with Crippen molar-refractivity contribution in [2.24, 2.45) is 5.92 Å². The van der Waals surface area contributed by atoms with Crippen molar-refractivity contribution in [2.75, 3.05) is 51.1 Å². The van der Waals surface area contributed by atoms with Gasteiger partial charge in [0.2, 0.25) is 21.8 Å². The summed E-state index contributed by atoms with van der Waals surface area (Å²) in [5.74, 6) is 0.0562. The van der Waals surface area contributed by atoms with E-state index in [1.165, 1.54) is 22.1 Å². The van der Waals surface area contributed by atoms with E-state index < -0.39 is 15.3 Å². The van der Waals surface area contributed by atoms with E-state index in [1.807, 2.05) is 0 Å². The maximum atomic E-state index is 13.1. The molecule has 1 atom stereocenters. The molecule has 0 aliphatic carbocycles. The number of piperazine rings is 1. The van der Waals surface area contributed by atoms with Gasteiger partial charge in [0.1, 0.15) is 0 Å². The van der Waals surface area contributed by atoms with Crippen LogP contribution in [0.1, 0.15) is 26.7 Å². The Hall–Kier alpha value is -1.62. The first-order chi connectivity index (χ1) is 14.8. The average molecular weight is 467 g/mol. The highest BCUT2D eigenvalue weighted by Crippen LogP contribution is 2.38. The van der Waals surface area contributed by atoms with Gasteiger partial charge in [-0.15, -0.1) is 11.8 Å². The zero-order chi connectivity index (χ0) is 22.2. The number of likely N-dealkylation sites (N-methyl/N-ethyl adjacent to an activating group) is 1. The highest BCUT2D eigenvalue weighted by atomic mass is 32.2. The van der Waals surface area contributed by atoms with Gasteiger partial charge in [-0.25, -0.2) is 8.42 Å². The third-order valence-corrected chi connectivity index (χ3v) is 9.58. The van der Waals surface area contributed by atoms with Gasteiger partial charge in [-0.2, -0.15) is 4.31 Å². The summed E-state index contributed by atoms with van der Waals surface area (Å²) in [7, 11) is -3.63. The topological polar surface area (TPSA) is 90.0 Å². The van der Waals surface area contributed by atoms with E-state index in [1.54, 1.807) is 17.0 Å². The molecule has 1 aromatic carbocycles. The Morgan fingerprint density at radius 3 is 2.45 bits per heavy atom. The number of likely N-dealkylation sites (tertiary alicyclic amines) is 1. The number of benzene rings is 1. The summed E-state index contributed by atoms with van der Waals surface area (Å²) in [4.78, 5) is 30.5. The molecule has 31 heavy (non-hydrogen) atoms. The zero-order valence-electron chi connectivity index (χ0n) is 18.0. The van der Waals surface area contributed by atoms with Crippen LogP contribution in [0.5, 0.6) is 0 Å². The molecule has 1 unspecified atom stereocenters. The van der Waals surface area contributed by atoms with Crippen molar-refractivity contribution in [3.63, 3.8) is 0 Å². The number of hydrogen-bond acceptors (Lipinski definition) is 6. The second-order valence-electron chi connectivity index (χ2n) is 8.49. The van der Waals surface area contributed by atoms with E-state index in [9.17, 15) is 18.0 Å². The lowest BCUT2D eigenvalue weighted by atomic mass is 9.99. The number of nitrogens with one attached hydrogen (secondary N) is 1. The number of hydrogen-bond donors (Lipinski definition) is 1. The smallest absolute Gasteiger partial charge is 0.247 e. The van der Waals surface area contributed by atoms with Gasteiger partial charge in [0.05, 0.1) is 10.6 Å². The number of fused-ring (bicyclic) bond motifs is 1. The lowest BCUT2D eigenvalue weighted by Gasteiger charge is -2.34. The zero-order valence-corrected chi connectivity index (χ0v) is 19.7. The normalized spacial score (nSPS) is 24.0. The van der Waals surface area contributed by atoms with Gasteiger partial charge in [-0.3, -0.25) is 9.59 Å². The van der Waals surface area contributed by atoms with E-state index in [-0.39, 0.29) is 16.7 Å². The van der Waals surface area contributed by atoms with Crippen molar-refractivity contribution >= 4 is 39.3 Å². The second kappa shape index (κ2) is 9.09. The van der Waals surface area contributed by atoms with E-state index in [0.717, 1.165) is 24.3 Å². The number of thioether (sulfide) groups is 1. The number of nitrogens with zero attached hydrogens (tertiary/aromatic N) is 3. The van der Waals surface area contributed by atoms with Crippen LogP contribution < -0.4 is 5.32 Å². The largest absolute Gasteiger partial charge is 0.341 e. The predicted molar refractivity (Wildman–Crippen MR) is 121 cm³/mol. The lowest BCUT2D eigenvalue weighted by molar-refractivity contribution is -0.135. The van der Waals surface area contributed by atoms with Crippen molar-refractivity contribution in [3.8, 4) is 0 Å². The number of sulfonamides is 1. The second-order valence-corrected chi connectivity index (χ2v) is 11.6. The Balaban J connectivity index is 1.48. The molecular weight excluding hydrogens is 436 g/mol. The van der Waals surface area contributed by atoms with Crippen LogP contribution in [0.15, 0.2) is 28.0 Å². The van der Waals surface area contributed by atoms with Crippen molar-refractivity contribution in [2.45, 2.75) is 41.7 Å². The molecule has 10 heteroatoms. The van der Waals surface area contributed by atoms with Crippen LogP contribution in [0.25, 0.3) is 0 Å². The minimum atomic E-state index is -3.63. The van der Waals surface area contributed by atoms with Crippen molar-refractivity contribution < 1.29 is 18.0 Å². The predicted octanol–water partition coefficient (Wildman–Crippen LogP) is 1.68. The van der Waals surface area contributed by atoms with Gasteiger partial charge in [-0.05, 0) is 43.5 Å². The van der Waals surface area contributed by atoms with Gasteiger partial charge < -0.3 is 15.1 Å². The molecular formula is C21H30N4O4S2. The van der Waals surface area contributed by atoms with Crippen LogP contribution in [0, 0.1) is 5.92 Å². The Bertz CT molecular complexity index is 952. The molecule has 170 valence electrons. The molecule has 2 amide bonds. The van der Waals surface area contributed by atoms with Gasteiger partial charge in [0.15, 0.2) is 5.25 Å². The maximum absolute atomic E-state index is 13.1. The van der Waals surface area contributed by atoms with Crippen LogP contribution in [0.3, 0.4) is 0 Å². The molecule has 0 saturated carbocycles. The molecule has 3 heterocycles. The van der Waals surface area contributed by atoms with Crippen molar-refractivity contribution in [1.29, 1.82) is 0 Å². The van der Waals surface area contributed by atoms with Gasteiger partial charge in [-0.1, -0.05) is 13.8 Å². The van der Waals surface area contributed by atoms with Crippen LogP contribution in [0.4, 0.5) is 5.69 Å². The Labute approximate surface area is 188 Å². The standard InChI is InChI=1S/C21H30N4O4S2/c1-3-23-10-12-25(13-11-23)31(28,29)16-4-5-18-17(14-16)22-20(26)19(30-18)21(27)24-8-6-15(2)7-9-24/h4-5,14-15,19H,3,6-13H2,1-2H3,(H,22,26). The fourth-order valence-corrected chi connectivity index (χ4v) is 6.74. The molecule has 3 aliphatic rings. The van der Waals surface area contributed by atoms with Gasteiger partial charge in [0, 0.05) is 44.2 Å². The third kappa shape index (κ3) is 4.62. The fourth-order valence-electron chi connectivity index (χ4n) is 4.24. The molecule has 0 aromatic heterocycles. The first kappa shape index (κ1) is 22.6. The number of carbonyl (C=O) groups is 2. The summed E-state index contributed by atoms with van der Waals surface area (Å²) in [6, 6.07) is 4.80. The molecule has 2 fully saturated rings. The summed E-state index contributed by atoms with van der Waals surface area (Å²) in [5.41, 5.74) is 0.458. The Morgan fingerprint density at radius 2 is 1.81 bits per heavy atom. The number of carbonyl (C=O) groups excluding carboxylic acids is 2. The summed E-state index contributed by atoms with van der Waals surface area (Å²) < 4.78 is 27.7. The summed E-state index contributed by atoms with van der Waals surface area (Å²) in [6.45, 7) is 8.86. The van der Waals surface area contributed by atoms with Crippen LogP contribution in [0.2, 0.25) is 0 Å². The molecule has 1 N–H and O–H groups in total. The molecule has 0 spiro atoms. The molecule has 1 aromatic rings. The van der Waals surface area contributed by atoms with Gasteiger partial charge in [0.25, 0.3) is 0 Å². The molecule has 2 saturated heterocycles. The Kier molecular flexibility index (Phi) is 6.62. The highest BCUT2D eigenvalue weighted by Gasteiger charge is 2.37. The summed E-state index contributed by atoms with van der Waals surface area (Å²) >= 11 is 1.21. The number of piperidine rings is 1. The van der Waals surface area contributed by atoms with E-state index >= 15 is 0 Å².